The van der Waals surface area contributed by atoms with E-state index in [-0.39, 0.29) is 18.0 Å². The van der Waals surface area contributed by atoms with Crippen molar-refractivity contribution in [2.45, 2.75) is 20.0 Å². The lowest BCUT2D eigenvalue weighted by Gasteiger charge is -2.28. The molecule has 1 saturated heterocycles. The average molecular weight is 435 g/mol. The number of rotatable bonds is 6. The molecule has 0 spiro atoms. The molecule has 0 atom stereocenters. The van der Waals surface area contributed by atoms with Crippen LogP contribution >= 0.6 is 0 Å². The summed E-state index contributed by atoms with van der Waals surface area (Å²) in [6.45, 7) is 4.27. The van der Waals surface area contributed by atoms with Crippen molar-refractivity contribution in [2.75, 3.05) is 36.9 Å². The van der Waals surface area contributed by atoms with Gasteiger partial charge in [0.05, 0.1) is 25.1 Å². The van der Waals surface area contributed by atoms with Gasteiger partial charge < -0.3 is 20.7 Å². The van der Waals surface area contributed by atoms with Crippen molar-refractivity contribution in [3.8, 4) is 11.3 Å². The highest BCUT2D eigenvalue weighted by Crippen LogP contribution is 2.19. The van der Waals surface area contributed by atoms with E-state index < -0.39 is 0 Å². The lowest BCUT2D eigenvalue weighted by atomic mass is 10.1. The SMILES string of the molecule is Cc1nc(N)ccc1CNC(=O)Cn1c(-c2ccccc2)cnc(N2CCOCC2)c1=O. The Morgan fingerprint density at radius 3 is 2.62 bits per heavy atom. The molecule has 1 amide bonds. The van der Waals surface area contributed by atoms with E-state index in [1.165, 1.54) is 4.57 Å². The van der Waals surface area contributed by atoms with Gasteiger partial charge >= 0.3 is 0 Å². The molecule has 0 radical (unpaired) electrons. The number of hydrogen-bond acceptors (Lipinski definition) is 7. The molecule has 0 unspecified atom stereocenters. The Bertz CT molecular complexity index is 1160. The maximum atomic E-state index is 13.4. The number of hydrogen-bond donors (Lipinski definition) is 2. The summed E-state index contributed by atoms with van der Waals surface area (Å²) in [4.78, 5) is 36.8. The van der Waals surface area contributed by atoms with Crippen molar-refractivity contribution in [1.29, 1.82) is 0 Å². The number of anilines is 2. The molecule has 32 heavy (non-hydrogen) atoms. The average Bonchev–Trinajstić information content (AvgIpc) is 2.81. The van der Waals surface area contributed by atoms with Gasteiger partial charge in [-0.05, 0) is 24.1 Å². The molecule has 4 rings (SSSR count). The van der Waals surface area contributed by atoms with E-state index in [9.17, 15) is 9.59 Å². The maximum absolute atomic E-state index is 13.4. The number of pyridine rings is 1. The highest BCUT2D eigenvalue weighted by molar-refractivity contribution is 5.77. The zero-order chi connectivity index (χ0) is 22.5. The predicted octanol–water partition coefficient (Wildman–Crippen LogP) is 1.35. The third-order valence-electron chi connectivity index (χ3n) is 5.41. The molecule has 0 saturated carbocycles. The predicted molar refractivity (Wildman–Crippen MR) is 122 cm³/mol. The van der Waals surface area contributed by atoms with Crippen LogP contribution in [0.2, 0.25) is 0 Å². The number of carbonyl (C=O) groups excluding carboxylic acids is 1. The largest absolute Gasteiger partial charge is 0.384 e. The van der Waals surface area contributed by atoms with Gasteiger partial charge in [-0.3, -0.25) is 14.2 Å². The van der Waals surface area contributed by atoms with Crippen LogP contribution < -0.4 is 21.5 Å². The number of nitrogens with two attached hydrogens (primary N) is 1. The summed E-state index contributed by atoms with van der Waals surface area (Å²) >= 11 is 0. The molecule has 3 N–H and O–H groups in total. The van der Waals surface area contributed by atoms with Gasteiger partial charge in [-0.15, -0.1) is 0 Å². The normalized spacial score (nSPS) is 13.7. The number of nitrogens with one attached hydrogen (secondary N) is 1. The van der Waals surface area contributed by atoms with Gasteiger partial charge in [-0.1, -0.05) is 36.4 Å². The smallest absolute Gasteiger partial charge is 0.294 e. The van der Waals surface area contributed by atoms with Crippen LogP contribution in [0.25, 0.3) is 11.3 Å². The van der Waals surface area contributed by atoms with Crippen LogP contribution in [0.3, 0.4) is 0 Å². The molecular formula is C23H26N6O3. The van der Waals surface area contributed by atoms with Gasteiger partial charge in [0, 0.05) is 25.3 Å². The minimum atomic E-state index is -0.297. The van der Waals surface area contributed by atoms with Crippen molar-refractivity contribution >= 4 is 17.5 Å². The summed E-state index contributed by atoms with van der Waals surface area (Å²) in [5.74, 6) is 0.489. The molecule has 9 heteroatoms. The minimum Gasteiger partial charge on any atom is -0.384 e. The Labute approximate surface area is 185 Å². The van der Waals surface area contributed by atoms with Crippen molar-refractivity contribution in [3.05, 3.63) is 70.3 Å². The van der Waals surface area contributed by atoms with Crippen molar-refractivity contribution in [1.82, 2.24) is 19.9 Å². The molecule has 1 aromatic carbocycles. The Kier molecular flexibility index (Phi) is 6.46. The number of morpholine rings is 1. The molecular weight excluding hydrogens is 408 g/mol. The molecule has 2 aromatic heterocycles. The Hall–Kier alpha value is -3.72. The van der Waals surface area contributed by atoms with E-state index in [1.807, 2.05) is 48.2 Å². The molecule has 1 aliphatic rings. The van der Waals surface area contributed by atoms with Crippen LogP contribution in [-0.2, 0) is 22.6 Å². The zero-order valence-electron chi connectivity index (χ0n) is 18.0. The fourth-order valence-corrected chi connectivity index (χ4v) is 3.66. The second-order valence-electron chi connectivity index (χ2n) is 7.58. The van der Waals surface area contributed by atoms with Crippen LogP contribution in [0.1, 0.15) is 11.3 Å². The highest BCUT2D eigenvalue weighted by Gasteiger charge is 2.20. The fraction of sp³-hybridized carbons (Fsp3) is 0.304. The van der Waals surface area contributed by atoms with Crippen LogP contribution in [0.4, 0.5) is 11.6 Å². The summed E-state index contributed by atoms with van der Waals surface area (Å²) < 4.78 is 6.87. The number of nitrogen functional groups attached to an aromatic ring is 1. The van der Waals surface area contributed by atoms with Crippen LogP contribution in [0, 0.1) is 6.92 Å². The van der Waals surface area contributed by atoms with E-state index >= 15 is 0 Å². The Morgan fingerprint density at radius 2 is 1.91 bits per heavy atom. The first-order chi connectivity index (χ1) is 15.5. The van der Waals surface area contributed by atoms with E-state index in [2.05, 4.69) is 15.3 Å². The number of nitrogens with zero attached hydrogens (tertiary/aromatic N) is 4. The second-order valence-corrected chi connectivity index (χ2v) is 7.58. The lowest BCUT2D eigenvalue weighted by molar-refractivity contribution is -0.121. The van der Waals surface area contributed by atoms with E-state index in [0.717, 1.165) is 16.8 Å². The summed E-state index contributed by atoms with van der Waals surface area (Å²) in [5, 5.41) is 2.88. The van der Waals surface area contributed by atoms with E-state index in [0.29, 0.717) is 50.2 Å². The summed E-state index contributed by atoms with van der Waals surface area (Å²) in [5.41, 5.74) is 8.43. The molecule has 0 aliphatic carbocycles. The van der Waals surface area contributed by atoms with Gasteiger partial charge in [-0.2, -0.15) is 0 Å². The standard InChI is InChI=1S/C23H26N6O3/c1-16-18(7-8-20(24)27-16)13-25-21(30)15-29-19(17-5-3-2-4-6-17)14-26-22(23(29)31)28-9-11-32-12-10-28/h2-8,14H,9-13,15H2,1H3,(H2,24,27)(H,25,30). The molecule has 166 valence electrons. The summed E-state index contributed by atoms with van der Waals surface area (Å²) in [7, 11) is 0. The number of amides is 1. The Morgan fingerprint density at radius 1 is 1.16 bits per heavy atom. The molecule has 3 heterocycles. The van der Waals surface area contributed by atoms with Gasteiger partial charge in [0.2, 0.25) is 5.91 Å². The van der Waals surface area contributed by atoms with Crippen LogP contribution in [0.15, 0.2) is 53.5 Å². The molecule has 9 nitrogen and oxygen atoms in total. The van der Waals surface area contributed by atoms with Crippen molar-refractivity contribution in [2.24, 2.45) is 0 Å². The first-order valence-corrected chi connectivity index (χ1v) is 10.5. The topological polar surface area (TPSA) is 115 Å². The summed E-state index contributed by atoms with van der Waals surface area (Å²) in [6.07, 6.45) is 1.66. The zero-order valence-corrected chi connectivity index (χ0v) is 18.0. The maximum Gasteiger partial charge on any atom is 0.294 e. The number of carbonyl (C=O) groups is 1. The van der Waals surface area contributed by atoms with Gasteiger partial charge in [0.15, 0.2) is 5.82 Å². The lowest BCUT2D eigenvalue weighted by Crippen LogP contribution is -2.42. The first kappa shape index (κ1) is 21.5. The monoisotopic (exact) mass is 434 g/mol. The quantitative estimate of drug-likeness (QED) is 0.602. The number of benzene rings is 1. The Balaban J connectivity index is 1.61. The number of ether oxygens (including phenoxy) is 1. The van der Waals surface area contributed by atoms with Crippen LogP contribution in [-0.4, -0.2) is 46.7 Å². The van der Waals surface area contributed by atoms with Gasteiger partial charge in [-0.25, -0.2) is 9.97 Å². The second kappa shape index (κ2) is 9.61. The molecule has 1 aliphatic heterocycles. The number of aryl methyl sites for hydroxylation is 1. The first-order valence-electron chi connectivity index (χ1n) is 10.5. The third-order valence-corrected chi connectivity index (χ3v) is 5.41. The highest BCUT2D eigenvalue weighted by atomic mass is 16.5. The van der Waals surface area contributed by atoms with Crippen molar-refractivity contribution < 1.29 is 9.53 Å². The van der Waals surface area contributed by atoms with E-state index in [4.69, 9.17) is 10.5 Å². The molecule has 0 bridgehead atoms. The van der Waals surface area contributed by atoms with Gasteiger partial charge in [0.25, 0.3) is 5.56 Å². The van der Waals surface area contributed by atoms with Crippen molar-refractivity contribution in [3.63, 3.8) is 0 Å². The van der Waals surface area contributed by atoms with Crippen LogP contribution in [0.5, 0.6) is 0 Å². The molecule has 1 fully saturated rings. The van der Waals surface area contributed by atoms with Gasteiger partial charge in [0.1, 0.15) is 12.4 Å². The van der Waals surface area contributed by atoms with E-state index in [1.54, 1.807) is 12.3 Å². The third kappa shape index (κ3) is 4.78. The number of aromatic nitrogens is 3. The summed E-state index contributed by atoms with van der Waals surface area (Å²) in [6, 6.07) is 13.0. The fourth-order valence-electron chi connectivity index (χ4n) is 3.66. The minimum absolute atomic E-state index is 0.121. The molecule has 3 aromatic rings.